The van der Waals surface area contributed by atoms with Crippen molar-refractivity contribution < 1.29 is 22.7 Å². The van der Waals surface area contributed by atoms with E-state index < -0.39 is 16.1 Å². The van der Waals surface area contributed by atoms with Crippen LogP contribution in [-0.4, -0.2) is 43.7 Å². The van der Waals surface area contributed by atoms with Crippen molar-refractivity contribution in [3.63, 3.8) is 0 Å². The Balaban J connectivity index is 1.63. The Kier molecular flexibility index (Phi) is 5.67. The van der Waals surface area contributed by atoms with E-state index in [0.29, 0.717) is 24.2 Å². The molecule has 0 aromatic heterocycles. The van der Waals surface area contributed by atoms with E-state index in [4.69, 9.17) is 16.3 Å². The number of rotatable bonds is 4. The van der Waals surface area contributed by atoms with Crippen LogP contribution in [0.1, 0.15) is 24.0 Å². The second kappa shape index (κ2) is 8.14. The number of hydrogen-bond acceptors (Lipinski definition) is 5. The van der Waals surface area contributed by atoms with Crippen molar-refractivity contribution in [2.75, 3.05) is 23.8 Å². The molecule has 164 valence electrons. The third-order valence-corrected chi connectivity index (χ3v) is 8.00. The fraction of sp³-hybridized carbons (Fsp3) is 0.333. The topological polar surface area (TPSA) is 105 Å². The van der Waals surface area contributed by atoms with Crippen molar-refractivity contribution in [2.24, 2.45) is 0 Å². The summed E-state index contributed by atoms with van der Waals surface area (Å²) in [6.07, 6.45) is 0.963. The number of halogens is 1. The lowest BCUT2D eigenvalue weighted by Crippen LogP contribution is -2.43. The highest BCUT2D eigenvalue weighted by Crippen LogP contribution is 2.38. The molecular weight excluding hydrogens is 442 g/mol. The van der Waals surface area contributed by atoms with Gasteiger partial charge < -0.3 is 15.4 Å². The van der Waals surface area contributed by atoms with Crippen molar-refractivity contribution in [1.29, 1.82) is 0 Å². The highest BCUT2D eigenvalue weighted by molar-refractivity contribution is 7.89. The minimum Gasteiger partial charge on any atom is -0.482 e. The van der Waals surface area contributed by atoms with Gasteiger partial charge in [-0.1, -0.05) is 23.7 Å². The molecule has 1 fully saturated rings. The number of ether oxygens (including phenoxy) is 1. The van der Waals surface area contributed by atoms with Gasteiger partial charge in [0.2, 0.25) is 15.9 Å². The summed E-state index contributed by atoms with van der Waals surface area (Å²) >= 11 is 6.25. The van der Waals surface area contributed by atoms with Gasteiger partial charge in [-0.15, -0.1) is 0 Å². The third kappa shape index (κ3) is 4.00. The summed E-state index contributed by atoms with van der Waals surface area (Å²) in [6, 6.07) is 7.37. The molecule has 1 saturated heterocycles. The minimum absolute atomic E-state index is 0.0508. The zero-order valence-electron chi connectivity index (χ0n) is 17.1. The molecule has 2 aromatic rings. The van der Waals surface area contributed by atoms with Gasteiger partial charge in [-0.25, -0.2) is 8.42 Å². The fourth-order valence-corrected chi connectivity index (χ4v) is 5.97. The second-order valence-corrected chi connectivity index (χ2v) is 9.89. The zero-order chi connectivity index (χ0) is 22.3. The van der Waals surface area contributed by atoms with Gasteiger partial charge in [-0.05, 0) is 49.9 Å². The van der Waals surface area contributed by atoms with E-state index in [-0.39, 0.29) is 40.6 Å². The van der Waals surface area contributed by atoms with Crippen molar-refractivity contribution in [3.8, 4) is 5.75 Å². The van der Waals surface area contributed by atoms with Gasteiger partial charge in [0.15, 0.2) is 6.61 Å². The Labute approximate surface area is 185 Å². The molecular formula is C21H22ClN3O5S. The molecule has 10 heteroatoms. The van der Waals surface area contributed by atoms with Crippen LogP contribution < -0.4 is 15.4 Å². The number of hydrogen-bond donors (Lipinski definition) is 2. The maximum Gasteiger partial charge on any atom is 0.262 e. The molecule has 0 spiro atoms. The summed E-state index contributed by atoms with van der Waals surface area (Å²) in [5, 5.41) is 5.41. The van der Waals surface area contributed by atoms with E-state index in [9.17, 15) is 18.0 Å². The van der Waals surface area contributed by atoms with E-state index in [1.165, 1.54) is 16.4 Å². The largest absolute Gasteiger partial charge is 0.482 e. The number of aryl methyl sites for hydroxylation is 1. The number of nitrogens with zero attached hydrogens (tertiary/aromatic N) is 1. The highest BCUT2D eigenvalue weighted by atomic mass is 35.5. The van der Waals surface area contributed by atoms with E-state index in [2.05, 4.69) is 10.6 Å². The van der Waals surface area contributed by atoms with Gasteiger partial charge >= 0.3 is 0 Å². The molecule has 0 radical (unpaired) electrons. The molecule has 2 aromatic carbocycles. The molecule has 2 heterocycles. The quantitative estimate of drug-likeness (QED) is 0.725. The predicted molar refractivity (Wildman–Crippen MR) is 117 cm³/mol. The molecule has 0 aliphatic carbocycles. The number of carbonyl (C=O) groups excluding carboxylic acids is 2. The number of carbonyl (C=O) groups is 2. The molecule has 0 unspecified atom stereocenters. The summed E-state index contributed by atoms with van der Waals surface area (Å²) < 4.78 is 33.3. The van der Waals surface area contributed by atoms with E-state index >= 15 is 0 Å². The van der Waals surface area contributed by atoms with Gasteiger partial charge in [0.05, 0.1) is 10.7 Å². The monoisotopic (exact) mass is 463 g/mol. The summed E-state index contributed by atoms with van der Waals surface area (Å²) in [4.78, 5) is 24.3. The van der Waals surface area contributed by atoms with Crippen molar-refractivity contribution >= 4 is 44.8 Å². The van der Waals surface area contributed by atoms with Crippen molar-refractivity contribution in [3.05, 3.63) is 46.5 Å². The standard InChI is InChI=1S/C21H22ClN3O5S/c1-12-5-3-6-15(13(12)2)24-21(27)17-7-4-8-25(17)31(28,29)19-10-18-16(9-14(19)22)23-20(26)11-30-18/h3,5-6,9-10,17H,4,7-8,11H2,1-2H3,(H,23,26)(H,24,27)/t17-/m0/s1. The second-order valence-electron chi connectivity index (χ2n) is 7.63. The van der Waals surface area contributed by atoms with Crippen LogP contribution >= 0.6 is 11.6 Å². The number of benzene rings is 2. The normalized spacial score (nSPS) is 18.8. The summed E-state index contributed by atoms with van der Waals surface area (Å²) in [5.41, 5.74) is 2.93. The molecule has 8 nitrogen and oxygen atoms in total. The first kappa shape index (κ1) is 21.6. The smallest absolute Gasteiger partial charge is 0.262 e. The van der Waals surface area contributed by atoms with Crippen molar-refractivity contribution in [1.82, 2.24) is 4.31 Å². The predicted octanol–water partition coefficient (Wildman–Crippen LogP) is 3.08. The van der Waals surface area contributed by atoms with Gasteiger partial charge in [-0.3, -0.25) is 9.59 Å². The first-order valence-electron chi connectivity index (χ1n) is 9.83. The van der Waals surface area contributed by atoms with Crippen LogP contribution in [0.2, 0.25) is 5.02 Å². The average molecular weight is 464 g/mol. The number of fused-ring (bicyclic) bond motifs is 1. The Morgan fingerprint density at radius 2 is 2.06 bits per heavy atom. The van der Waals surface area contributed by atoms with Gasteiger partial charge in [0, 0.05) is 18.3 Å². The Morgan fingerprint density at radius 3 is 2.84 bits per heavy atom. The molecule has 0 saturated carbocycles. The van der Waals surface area contributed by atoms with E-state index in [1.807, 2.05) is 26.0 Å². The maximum atomic E-state index is 13.4. The summed E-state index contributed by atoms with van der Waals surface area (Å²) in [5.74, 6) is -0.507. The lowest BCUT2D eigenvalue weighted by atomic mass is 10.1. The number of amides is 2. The Bertz CT molecular complexity index is 1180. The van der Waals surface area contributed by atoms with Crippen LogP contribution in [0, 0.1) is 13.8 Å². The number of sulfonamides is 1. The lowest BCUT2D eigenvalue weighted by Gasteiger charge is -2.25. The number of nitrogens with one attached hydrogen (secondary N) is 2. The summed E-state index contributed by atoms with van der Waals surface area (Å²) in [6.45, 7) is 3.84. The van der Waals surface area contributed by atoms with E-state index in [1.54, 1.807) is 6.07 Å². The van der Waals surface area contributed by atoms with Crippen LogP contribution in [0.15, 0.2) is 35.2 Å². The summed E-state index contributed by atoms with van der Waals surface area (Å²) in [7, 11) is -4.07. The molecule has 2 N–H and O–H groups in total. The molecule has 0 bridgehead atoms. The first-order chi connectivity index (χ1) is 14.7. The van der Waals surface area contributed by atoms with Crippen LogP contribution in [0.5, 0.6) is 5.75 Å². The SMILES string of the molecule is Cc1cccc(NC(=O)[C@@H]2CCCN2S(=O)(=O)c2cc3c(cc2Cl)NC(=O)CO3)c1C. The number of anilines is 2. The van der Waals surface area contributed by atoms with Gasteiger partial charge in [-0.2, -0.15) is 4.31 Å². The molecule has 31 heavy (non-hydrogen) atoms. The molecule has 2 aliphatic rings. The molecule has 4 rings (SSSR count). The lowest BCUT2D eigenvalue weighted by molar-refractivity contribution is -0.119. The Hall–Kier alpha value is -2.62. The fourth-order valence-electron chi connectivity index (χ4n) is 3.80. The third-order valence-electron chi connectivity index (χ3n) is 5.62. The van der Waals surface area contributed by atoms with Crippen molar-refractivity contribution in [2.45, 2.75) is 37.6 Å². The minimum atomic E-state index is -4.07. The van der Waals surface area contributed by atoms with Crippen LogP contribution in [-0.2, 0) is 19.6 Å². The zero-order valence-corrected chi connectivity index (χ0v) is 18.6. The molecule has 1 atom stereocenters. The van der Waals surface area contributed by atoms with Gasteiger partial charge in [0.1, 0.15) is 16.7 Å². The van der Waals surface area contributed by atoms with Crippen LogP contribution in [0.3, 0.4) is 0 Å². The highest BCUT2D eigenvalue weighted by Gasteiger charge is 2.41. The average Bonchev–Trinajstić information content (AvgIpc) is 3.22. The van der Waals surface area contributed by atoms with Crippen LogP contribution in [0.4, 0.5) is 11.4 Å². The van der Waals surface area contributed by atoms with E-state index in [0.717, 1.165) is 11.1 Å². The molecule has 2 aliphatic heterocycles. The first-order valence-corrected chi connectivity index (χ1v) is 11.7. The van der Waals surface area contributed by atoms with Crippen LogP contribution in [0.25, 0.3) is 0 Å². The maximum absolute atomic E-state index is 13.4. The van der Waals surface area contributed by atoms with Gasteiger partial charge in [0.25, 0.3) is 5.91 Å². The Morgan fingerprint density at radius 1 is 1.29 bits per heavy atom. The molecule has 2 amide bonds.